The molecule has 1 aromatic heterocycles. The van der Waals surface area contributed by atoms with Crippen LogP contribution in [-0.2, 0) is 16.6 Å². The van der Waals surface area contributed by atoms with Crippen molar-refractivity contribution in [3.63, 3.8) is 0 Å². The van der Waals surface area contributed by atoms with Crippen LogP contribution in [0.25, 0.3) is 0 Å². The molecule has 2 N–H and O–H groups in total. The fourth-order valence-electron chi connectivity index (χ4n) is 1.83. The van der Waals surface area contributed by atoms with E-state index in [2.05, 4.69) is 23.9 Å². The highest BCUT2D eigenvalue weighted by Crippen LogP contribution is 2.25. The molecule has 0 saturated carbocycles. The Bertz CT molecular complexity index is 495. The van der Waals surface area contributed by atoms with Crippen LogP contribution in [0.1, 0.15) is 50.0 Å². The topological polar surface area (TPSA) is 58.2 Å². The fraction of sp³-hybridized carbons (Fsp3) is 0.714. The summed E-state index contributed by atoms with van der Waals surface area (Å²) in [7, 11) is -3.33. The van der Waals surface area contributed by atoms with Crippen molar-refractivity contribution in [3.05, 3.63) is 16.5 Å². The lowest BCUT2D eigenvalue weighted by Gasteiger charge is -2.04. The van der Waals surface area contributed by atoms with Gasteiger partial charge in [-0.15, -0.1) is 11.3 Å². The van der Waals surface area contributed by atoms with E-state index in [1.807, 2.05) is 6.92 Å². The first-order valence-electron chi connectivity index (χ1n) is 7.31. The van der Waals surface area contributed by atoms with Crippen LogP contribution in [0.15, 0.2) is 10.3 Å². The van der Waals surface area contributed by atoms with Gasteiger partial charge in [0.25, 0.3) is 0 Å². The number of thiophene rings is 1. The molecule has 6 heteroatoms. The van der Waals surface area contributed by atoms with Crippen LogP contribution in [0, 0.1) is 6.92 Å². The zero-order valence-corrected chi connectivity index (χ0v) is 14.3. The molecule has 0 aliphatic carbocycles. The predicted octanol–water partition coefficient (Wildman–Crippen LogP) is 3.02. The first-order chi connectivity index (χ1) is 9.51. The second kappa shape index (κ2) is 8.77. The highest BCUT2D eigenvalue weighted by atomic mass is 32.2. The molecule has 0 fully saturated rings. The van der Waals surface area contributed by atoms with Crippen LogP contribution in [0.5, 0.6) is 0 Å². The minimum Gasteiger partial charge on any atom is -0.312 e. The Kier molecular flexibility index (Phi) is 7.72. The van der Waals surface area contributed by atoms with Gasteiger partial charge in [-0.05, 0) is 37.9 Å². The van der Waals surface area contributed by atoms with Crippen molar-refractivity contribution >= 4 is 21.4 Å². The van der Waals surface area contributed by atoms with Gasteiger partial charge in [-0.2, -0.15) is 0 Å². The van der Waals surface area contributed by atoms with Gasteiger partial charge < -0.3 is 5.32 Å². The molecule has 0 atom stereocenters. The molecule has 20 heavy (non-hydrogen) atoms. The molecule has 0 aliphatic rings. The number of sulfonamides is 1. The second-order valence-corrected chi connectivity index (χ2v) is 8.08. The van der Waals surface area contributed by atoms with Crippen molar-refractivity contribution in [2.45, 2.75) is 57.2 Å². The maximum absolute atomic E-state index is 12.2. The maximum Gasteiger partial charge on any atom is 0.250 e. The fourth-order valence-corrected chi connectivity index (χ4v) is 4.51. The number of hydrogen-bond donors (Lipinski definition) is 2. The SMILES string of the molecule is CCCCCNS(=O)(=O)c1cc(C)c(CNCCC)s1. The summed E-state index contributed by atoms with van der Waals surface area (Å²) in [6.45, 7) is 8.41. The van der Waals surface area contributed by atoms with Crippen LogP contribution >= 0.6 is 11.3 Å². The van der Waals surface area contributed by atoms with Crippen LogP contribution in [-0.4, -0.2) is 21.5 Å². The minimum absolute atomic E-state index is 0.430. The molecule has 0 amide bonds. The van der Waals surface area contributed by atoms with E-state index in [-0.39, 0.29) is 0 Å². The third-order valence-corrected chi connectivity index (χ3v) is 6.22. The lowest BCUT2D eigenvalue weighted by molar-refractivity contribution is 0.578. The Hall–Kier alpha value is -0.430. The predicted molar refractivity (Wildman–Crippen MR) is 85.8 cm³/mol. The number of unbranched alkanes of at least 4 members (excludes halogenated alkanes) is 2. The molecule has 116 valence electrons. The molecule has 1 heterocycles. The van der Waals surface area contributed by atoms with Gasteiger partial charge in [-0.25, -0.2) is 13.1 Å². The van der Waals surface area contributed by atoms with Gasteiger partial charge in [0.2, 0.25) is 10.0 Å². The molecule has 0 aromatic carbocycles. The second-order valence-electron chi connectivity index (χ2n) is 4.95. The third-order valence-electron chi connectivity index (χ3n) is 3.05. The van der Waals surface area contributed by atoms with Crippen molar-refractivity contribution in [1.82, 2.24) is 10.0 Å². The van der Waals surface area contributed by atoms with E-state index in [9.17, 15) is 8.42 Å². The van der Waals surface area contributed by atoms with Crippen molar-refractivity contribution in [3.8, 4) is 0 Å². The summed E-state index contributed by atoms with van der Waals surface area (Å²) in [5, 5.41) is 3.31. The molecule has 1 rings (SSSR count). The molecule has 0 spiro atoms. The Morgan fingerprint density at radius 3 is 2.55 bits per heavy atom. The van der Waals surface area contributed by atoms with Gasteiger partial charge in [0.15, 0.2) is 0 Å². The van der Waals surface area contributed by atoms with Crippen LogP contribution in [0.3, 0.4) is 0 Å². The lowest BCUT2D eigenvalue weighted by atomic mass is 10.3. The largest absolute Gasteiger partial charge is 0.312 e. The summed E-state index contributed by atoms with van der Waals surface area (Å²) in [4.78, 5) is 1.10. The minimum atomic E-state index is -3.33. The molecule has 0 unspecified atom stereocenters. The number of rotatable bonds is 10. The summed E-state index contributed by atoms with van der Waals surface area (Å²) in [6, 6.07) is 1.77. The van der Waals surface area contributed by atoms with Crippen LogP contribution in [0.2, 0.25) is 0 Å². The lowest BCUT2D eigenvalue weighted by Crippen LogP contribution is -2.23. The van der Waals surface area contributed by atoms with Gasteiger partial charge in [0, 0.05) is 18.0 Å². The first kappa shape index (κ1) is 17.6. The van der Waals surface area contributed by atoms with Crippen molar-refractivity contribution in [2.75, 3.05) is 13.1 Å². The number of hydrogen-bond acceptors (Lipinski definition) is 4. The Morgan fingerprint density at radius 1 is 1.15 bits per heavy atom. The first-order valence-corrected chi connectivity index (χ1v) is 9.61. The molecule has 0 bridgehead atoms. The van der Waals surface area contributed by atoms with Gasteiger partial charge in [-0.1, -0.05) is 26.7 Å². The normalized spacial score (nSPS) is 11.9. The smallest absolute Gasteiger partial charge is 0.250 e. The molecule has 0 radical (unpaired) electrons. The highest BCUT2D eigenvalue weighted by Gasteiger charge is 2.18. The van der Waals surface area contributed by atoms with E-state index >= 15 is 0 Å². The molecule has 0 aliphatic heterocycles. The summed E-state index contributed by atoms with van der Waals surface area (Å²) >= 11 is 1.37. The summed E-state index contributed by atoms with van der Waals surface area (Å²) in [5.41, 5.74) is 1.05. The van der Waals surface area contributed by atoms with E-state index in [1.165, 1.54) is 11.3 Å². The monoisotopic (exact) mass is 318 g/mol. The van der Waals surface area contributed by atoms with Crippen LogP contribution < -0.4 is 10.0 Å². The zero-order chi connectivity index (χ0) is 15.0. The summed E-state index contributed by atoms with van der Waals surface area (Å²) in [6.07, 6.45) is 4.12. The molecule has 4 nitrogen and oxygen atoms in total. The quantitative estimate of drug-likeness (QED) is 0.652. The molecule has 0 saturated heterocycles. The molecular formula is C14H26N2O2S2. The third kappa shape index (κ3) is 5.52. The number of aryl methyl sites for hydroxylation is 1. The van der Waals surface area contributed by atoms with Crippen molar-refractivity contribution in [1.29, 1.82) is 0 Å². The maximum atomic E-state index is 12.2. The van der Waals surface area contributed by atoms with Gasteiger partial charge in [0.1, 0.15) is 4.21 Å². The van der Waals surface area contributed by atoms with E-state index in [4.69, 9.17) is 0 Å². The molecule has 1 aromatic rings. The Balaban J connectivity index is 2.63. The Morgan fingerprint density at radius 2 is 1.90 bits per heavy atom. The van der Waals surface area contributed by atoms with Crippen LogP contribution in [0.4, 0.5) is 0 Å². The number of nitrogens with one attached hydrogen (secondary N) is 2. The summed E-state index contributed by atoms with van der Waals surface area (Å²) in [5.74, 6) is 0. The van der Waals surface area contributed by atoms with E-state index in [1.54, 1.807) is 6.07 Å². The van der Waals surface area contributed by atoms with Crippen molar-refractivity contribution < 1.29 is 8.42 Å². The highest BCUT2D eigenvalue weighted by molar-refractivity contribution is 7.91. The van der Waals surface area contributed by atoms with Gasteiger partial charge in [-0.3, -0.25) is 0 Å². The summed E-state index contributed by atoms with van der Waals surface area (Å²) < 4.78 is 27.5. The van der Waals surface area contributed by atoms with E-state index < -0.39 is 10.0 Å². The van der Waals surface area contributed by atoms with E-state index in [0.29, 0.717) is 10.8 Å². The van der Waals surface area contributed by atoms with Crippen molar-refractivity contribution in [2.24, 2.45) is 0 Å². The Labute approximate surface area is 127 Å². The van der Waals surface area contributed by atoms with Gasteiger partial charge in [0.05, 0.1) is 0 Å². The average Bonchev–Trinajstić information content (AvgIpc) is 2.78. The van der Waals surface area contributed by atoms with Gasteiger partial charge >= 0.3 is 0 Å². The van der Waals surface area contributed by atoms with E-state index in [0.717, 1.165) is 49.2 Å². The average molecular weight is 319 g/mol. The standard InChI is InChI=1S/C14H26N2O2S2/c1-4-6-7-9-16-20(17,18)14-10-12(3)13(19-14)11-15-8-5-2/h10,15-16H,4-9,11H2,1-3H3. The zero-order valence-electron chi connectivity index (χ0n) is 12.7. The molecular weight excluding hydrogens is 292 g/mol.